The predicted octanol–water partition coefficient (Wildman–Crippen LogP) is 1.71. The van der Waals surface area contributed by atoms with Gasteiger partial charge >= 0.3 is 0 Å². The van der Waals surface area contributed by atoms with E-state index in [1.165, 1.54) is 32.4 Å². The van der Waals surface area contributed by atoms with E-state index >= 15 is 0 Å². The first-order chi connectivity index (χ1) is 8.17. The van der Waals surface area contributed by atoms with Gasteiger partial charge in [0, 0.05) is 19.2 Å². The molecule has 2 N–H and O–H groups in total. The Hall–Kier alpha value is -0.120. The maximum atomic E-state index is 9.05. The number of rotatable bonds is 7. The summed E-state index contributed by atoms with van der Waals surface area (Å²) in [4.78, 5) is 2.42. The van der Waals surface area contributed by atoms with Gasteiger partial charge in [-0.25, -0.2) is 0 Å². The topological polar surface area (TPSA) is 35.5 Å². The first-order valence-corrected chi connectivity index (χ1v) is 7.20. The second-order valence-corrected chi connectivity index (χ2v) is 5.71. The smallest absolute Gasteiger partial charge is 0.0434 e. The Balaban J connectivity index is 2.27. The minimum atomic E-state index is 0.329. The molecule has 1 aliphatic heterocycles. The third kappa shape index (κ3) is 5.36. The van der Waals surface area contributed by atoms with Crippen LogP contribution in [0.2, 0.25) is 0 Å². The first-order valence-electron chi connectivity index (χ1n) is 7.20. The van der Waals surface area contributed by atoms with Gasteiger partial charge < -0.3 is 15.3 Å². The normalized spacial score (nSPS) is 28.2. The van der Waals surface area contributed by atoms with Crippen molar-refractivity contribution in [3.8, 4) is 0 Å². The van der Waals surface area contributed by atoms with Crippen LogP contribution < -0.4 is 5.32 Å². The molecule has 3 nitrogen and oxygen atoms in total. The molecule has 1 fully saturated rings. The fraction of sp³-hybridized carbons (Fsp3) is 1.00. The molecule has 0 spiro atoms. The van der Waals surface area contributed by atoms with E-state index in [4.69, 9.17) is 5.11 Å². The highest BCUT2D eigenvalue weighted by molar-refractivity contribution is 4.82. The molecule has 1 heterocycles. The summed E-state index contributed by atoms with van der Waals surface area (Å²) in [7, 11) is 2.21. The molecule has 0 saturated carbocycles. The van der Waals surface area contributed by atoms with Gasteiger partial charge in [0.15, 0.2) is 0 Å². The Kier molecular flexibility index (Phi) is 7.09. The van der Waals surface area contributed by atoms with Crippen molar-refractivity contribution in [2.45, 2.75) is 45.6 Å². The Morgan fingerprint density at radius 1 is 1.41 bits per heavy atom. The molecule has 0 bridgehead atoms. The van der Waals surface area contributed by atoms with Crippen LogP contribution in [0.1, 0.15) is 39.5 Å². The van der Waals surface area contributed by atoms with Crippen LogP contribution >= 0.6 is 0 Å². The van der Waals surface area contributed by atoms with Crippen LogP contribution in [-0.4, -0.2) is 49.3 Å². The van der Waals surface area contributed by atoms with Gasteiger partial charge in [-0.2, -0.15) is 0 Å². The number of aliphatic hydroxyl groups is 1. The van der Waals surface area contributed by atoms with E-state index in [1.54, 1.807) is 0 Å². The standard InChI is InChI=1S/C14H30N2O/c1-4-5-13(7-9-17)10-15-14-6-8-16(3)11-12(14)2/h12-15,17H,4-11H2,1-3H3. The van der Waals surface area contributed by atoms with Crippen molar-refractivity contribution in [2.24, 2.45) is 11.8 Å². The summed E-state index contributed by atoms with van der Waals surface area (Å²) < 4.78 is 0. The highest BCUT2D eigenvalue weighted by Crippen LogP contribution is 2.17. The summed E-state index contributed by atoms with van der Waals surface area (Å²) in [5.74, 6) is 1.39. The molecule has 3 unspecified atom stereocenters. The number of likely N-dealkylation sites (tertiary alicyclic amines) is 1. The van der Waals surface area contributed by atoms with Gasteiger partial charge in [-0.15, -0.1) is 0 Å². The lowest BCUT2D eigenvalue weighted by Crippen LogP contribution is -2.48. The van der Waals surface area contributed by atoms with E-state index in [1.807, 2.05) is 0 Å². The third-order valence-corrected chi connectivity index (χ3v) is 4.01. The Labute approximate surface area is 107 Å². The fourth-order valence-corrected chi connectivity index (χ4v) is 2.91. The SMILES string of the molecule is CCCC(CCO)CNC1CCN(C)CC1C. The lowest BCUT2D eigenvalue weighted by molar-refractivity contribution is 0.166. The van der Waals surface area contributed by atoms with E-state index in [9.17, 15) is 0 Å². The van der Waals surface area contributed by atoms with E-state index < -0.39 is 0 Å². The van der Waals surface area contributed by atoms with Crippen molar-refractivity contribution in [3.63, 3.8) is 0 Å². The highest BCUT2D eigenvalue weighted by Gasteiger charge is 2.24. The molecule has 0 radical (unpaired) electrons. The van der Waals surface area contributed by atoms with Gasteiger partial charge in [0.2, 0.25) is 0 Å². The van der Waals surface area contributed by atoms with Crippen LogP contribution in [0.5, 0.6) is 0 Å². The zero-order valence-electron chi connectivity index (χ0n) is 11.8. The van der Waals surface area contributed by atoms with Crippen molar-refractivity contribution < 1.29 is 5.11 Å². The summed E-state index contributed by atoms with van der Waals surface area (Å²) >= 11 is 0. The molecule has 102 valence electrons. The molecule has 3 atom stereocenters. The maximum absolute atomic E-state index is 9.05. The maximum Gasteiger partial charge on any atom is 0.0434 e. The van der Waals surface area contributed by atoms with Crippen LogP contribution in [0.4, 0.5) is 0 Å². The number of piperidine rings is 1. The second kappa shape index (κ2) is 8.06. The summed E-state index contributed by atoms with van der Waals surface area (Å²) in [5, 5.41) is 12.8. The average molecular weight is 242 g/mol. The van der Waals surface area contributed by atoms with E-state index in [-0.39, 0.29) is 0 Å². The van der Waals surface area contributed by atoms with Gasteiger partial charge in [0.05, 0.1) is 0 Å². The molecule has 0 aromatic rings. The molecular formula is C14H30N2O. The molecule has 1 aliphatic rings. The highest BCUT2D eigenvalue weighted by atomic mass is 16.3. The molecular weight excluding hydrogens is 212 g/mol. The van der Waals surface area contributed by atoms with Crippen LogP contribution in [0.25, 0.3) is 0 Å². The molecule has 0 aromatic carbocycles. The number of hydrogen-bond donors (Lipinski definition) is 2. The summed E-state index contributed by atoms with van der Waals surface area (Å²) in [6.07, 6.45) is 4.65. The van der Waals surface area contributed by atoms with E-state index in [0.29, 0.717) is 18.6 Å². The Morgan fingerprint density at radius 2 is 2.18 bits per heavy atom. The number of nitrogens with one attached hydrogen (secondary N) is 1. The average Bonchev–Trinajstić information content (AvgIpc) is 2.28. The Morgan fingerprint density at radius 3 is 2.76 bits per heavy atom. The molecule has 0 amide bonds. The van der Waals surface area contributed by atoms with Crippen molar-refractivity contribution in [3.05, 3.63) is 0 Å². The third-order valence-electron chi connectivity index (χ3n) is 4.01. The van der Waals surface area contributed by atoms with Crippen LogP contribution in [0.3, 0.4) is 0 Å². The Bertz CT molecular complexity index is 193. The first kappa shape index (κ1) is 14.9. The molecule has 0 aromatic heterocycles. The molecule has 1 rings (SSSR count). The van der Waals surface area contributed by atoms with Gasteiger partial charge in [-0.3, -0.25) is 0 Å². The van der Waals surface area contributed by atoms with Crippen LogP contribution in [0.15, 0.2) is 0 Å². The fourth-order valence-electron chi connectivity index (χ4n) is 2.91. The number of nitrogens with zero attached hydrogens (tertiary/aromatic N) is 1. The largest absolute Gasteiger partial charge is 0.396 e. The molecule has 17 heavy (non-hydrogen) atoms. The predicted molar refractivity (Wildman–Crippen MR) is 73.2 cm³/mol. The van der Waals surface area contributed by atoms with Crippen molar-refractivity contribution in [2.75, 3.05) is 33.3 Å². The van der Waals surface area contributed by atoms with Gasteiger partial charge in [-0.1, -0.05) is 20.3 Å². The summed E-state index contributed by atoms with van der Waals surface area (Å²) in [6, 6.07) is 0.671. The van der Waals surface area contributed by atoms with Gasteiger partial charge in [0.25, 0.3) is 0 Å². The van der Waals surface area contributed by atoms with E-state index in [2.05, 4.69) is 31.1 Å². The van der Waals surface area contributed by atoms with Crippen LogP contribution in [0, 0.1) is 11.8 Å². The minimum Gasteiger partial charge on any atom is -0.396 e. The monoisotopic (exact) mass is 242 g/mol. The lowest BCUT2D eigenvalue weighted by Gasteiger charge is -2.36. The van der Waals surface area contributed by atoms with Crippen molar-refractivity contribution >= 4 is 0 Å². The lowest BCUT2D eigenvalue weighted by atomic mass is 9.92. The second-order valence-electron chi connectivity index (χ2n) is 5.71. The quantitative estimate of drug-likeness (QED) is 0.713. The molecule has 0 aliphatic carbocycles. The molecule has 3 heteroatoms. The minimum absolute atomic E-state index is 0.329. The van der Waals surface area contributed by atoms with Crippen molar-refractivity contribution in [1.82, 2.24) is 10.2 Å². The van der Waals surface area contributed by atoms with Crippen LogP contribution in [-0.2, 0) is 0 Å². The summed E-state index contributed by atoms with van der Waals surface area (Å²) in [5.41, 5.74) is 0. The van der Waals surface area contributed by atoms with Gasteiger partial charge in [0.1, 0.15) is 0 Å². The molecule has 1 saturated heterocycles. The number of aliphatic hydroxyl groups excluding tert-OH is 1. The number of hydrogen-bond acceptors (Lipinski definition) is 3. The van der Waals surface area contributed by atoms with Crippen molar-refractivity contribution in [1.29, 1.82) is 0 Å². The summed E-state index contributed by atoms with van der Waals surface area (Å²) in [6.45, 7) is 8.38. The van der Waals surface area contributed by atoms with Gasteiger partial charge in [-0.05, 0) is 51.2 Å². The zero-order chi connectivity index (χ0) is 12.7. The van der Waals surface area contributed by atoms with E-state index in [0.717, 1.165) is 18.9 Å². The zero-order valence-corrected chi connectivity index (χ0v) is 11.8.